The van der Waals surface area contributed by atoms with Gasteiger partial charge in [-0.05, 0) is 36.8 Å². The van der Waals surface area contributed by atoms with Crippen molar-refractivity contribution in [2.75, 3.05) is 4.72 Å². The van der Waals surface area contributed by atoms with Crippen molar-refractivity contribution >= 4 is 27.3 Å². The van der Waals surface area contributed by atoms with Gasteiger partial charge in [-0.2, -0.15) is 0 Å². The molecule has 0 unspecified atom stereocenters. The van der Waals surface area contributed by atoms with Crippen molar-refractivity contribution < 1.29 is 13.5 Å². The van der Waals surface area contributed by atoms with Gasteiger partial charge < -0.3 is 10.1 Å². The van der Waals surface area contributed by atoms with E-state index in [9.17, 15) is 18.3 Å². The summed E-state index contributed by atoms with van der Waals surface area (Å²) in [5.41, 5.74) is 0.320. The van der Waals surface area contributed by atoms with E-state index in [1.165, 1.54) is 18.2 Å². The molecule has 0 aliphatic heterocycles. The molecule has 0 spiro atoms. The maximum Gasteiger partial charge on any atom is 0.266 e. The number of hydrogen-bond acceptors (Lipinski definition) is 4. The van der Waals surface area contributed by atoms with Crippen LogP contribution in [0, 0.1) is 6.92 Å². The zero-order valence-corrected chi connectivity index (χ0v) is 11.9. The molecule has 0 saturated heterocycles. The number of aromatic nitrogens is 1. The number of pyridine rings is 1. The Labute approximate surface area is 120 Å². The first kappa shape index (κ1) is 14.4. The molecule has 1 aromatic carbocycles. The van der Waals surface area contributed by atoms with E-state index < -0.39 is 15.6 Å². The second-order valence-electron chi connectivity index (χ2n) is 4.12. The fraction of sp³-hybridized carbons (Fsp3) is 0.0833. The van der Waals surface area contributed by atoms with Crippen LogP contribution in [0.25, 0.3) is 0 Å². The largest absolute Gasteiger partial charge is 0.508 e. The zero-order chi connectivity index (χ0) is 14.9. The standard InChI is InChI=1S/C12H11ClN2O4S/c1-7-4-8(16)2-3-11(7)15-20(18,19)9-5-10(13)12(17)14-6-9/h2-6,15-16H,1H3,(H,14,17). The lowest BCUT2D eigenvalue weighted by atomic mass is 10.2. The number of rotatable bonds is 3. The SMILES string of the molecule is Cc1cc(O)ccc1NS(=O)(=O)c1c[nH]c(=O)c(Cl)c1. The average molecular weight is 315 g/mol. The van der Waals surface area contributed by atoms with Gasteiger partial charge in [-0.3, -0.25) is 9.52 Å². The van der Waals surface area contributed by atoms with E-state index in [4.69, 9.17) is 11.6 Å². The molecular formula is C12H11ClN2O4S. The minimum atomic E-state index is -3.87. The van der Waals surface area contributed by atoms with Crippen LogP contribution in [0.4, 0.5) is 5.69 Å². The molecule has 20 heavy (non-hydrogen) atoms. The van der Waals surface area contributed by atoms with Crippen LogP contribution in [0.15, 0.2) is 40.2 Å². The van der Waals surface area contributed by atoms with Crippen molar-refractivity contribution in [1.29, 1.82) is 0 Å². The summed E-state index contributed by atoms with van der Waals surface area (Å²) >= 11 is 5.61. The Hall–Kier alpha value is -1.99. The Morgan fingerprint density at radius 1 is 1.30 bits per heavy atom. The number of nitrogens with one attached hydrogen (secondary N) is 2. The molecule has 106 valence electrons. The van der Waals surface area contributed by atoms with Crippen LogP contribution in [-0.4, -0.2) is 18.5 Å². The first-order chi connectivity index (χ1) is 9.29. The number of H-pyrrole nitrogens is 1. The Balaban J connectivity index is 2.40. The normalized spacial score (nSPS) is 11.3. The molecule has 2 aromatic rings. The third-order valence-corrected chi connectivity index (χ3v) is 4.22. The van der Waals surface area contributed by atoms with Crippen LogP contribution in [-0.2, 0) is 10.0 Å². The smallest absolute Gasteiger partial charge is 0.266 e. The van der Waals surface area contributed by atoms with Gasteiger partial charge in [0.2, 0.25) is 0 Å². The van der Waals surface area contributed by atoms with Gasteiger partial charge in [0.05, 0.1) is 5.69 Å². The number of aryl methyl sites for hydroxylation is 1. The quantitative estimate of drug-likeness (QED) is 0.753. The second-order valence-corrected chi connectivity index (χ2v) is 6.21. The van der Waals surface area contributed by atoms with Crippen LogP contribution >= 0.6 is 11.6 Å². The third-order valence-electron chi connectivity index (χ3n) is 2.60. The summed E-state index contributed by atoms with van der Waals surface area (Å²) in [4.78, 5) is 13.2. The Morgan fingerprint density at radius 3 is 2.60 bits per heavy atom. The van der Waals surface area contributed by atoms with E-state index in [2.05, 4.69) is 9.71 Å². The van der Waals surface area contributed by atoms with Crippen molar-refractivity contribution in [2.24, 2.45) is 0 Å². The molecule has 6 nitrogen and oxygen atoms in total. The summed E-state index contributed by atoms with van der Waals surface area (Å²) in [7, 11) is -3.87. The number of phenolic OH excluding ortho intramolecular Hbond substituents is 1. The summed E-state index contributed by atoms with van der Waals surface area (Å²) < 4.78 is 26.7. The highest BCUT2D eigenvalue weighted by atomic mass is 35.5. The fourth-order valence-corrected chi connectivity index (χ4v) is 2.92. The minimum Gasteiger partial charge on any atom is -0.508 e. The number of halogens is 1. The fourth-order valence-electron chi connectivity index (χ4n) is 1.56. The number of hydrogen-bond donors (Lipinski definition) is 3. The maximum absolute atomic E-state index is 12.1. The average Bonchev–Trinajstić information content (AvgIpc) is 2.36. The zero-order valence-electron chi connectivity index (χ0n) is 10.3. The van der Waals surface area contributed by atoms with Gasteiger partial charge in [0.25, 0.3) is 15.6 Å². The van der Waals surface area contributed by atoms with Crippen LogP contribution in [0.2, 0.25) is 5.02 Å². The van der Waals surface area contributed by atoms with E-state index >= 15 is 0 Å². The first-order valence-electron chi connectivity index (χ1n) is 5.50. The van der Waals surface area contributed by atoms with Gasteiger partial charge in [-0.15, -0.1) is 0 Å². The number of sulfonamides is 1. The molecule has 0 bridgehead atoms. The van der Waals surface area contributed by atoms with Crippen LogP contribution in [0.5, 0.6) is 5.75 Å². The molecule has 0 atom stereocenters. The molecule has 0 aliphatic carbocycles. The number of benzene rings is 1. The van der Waals surface area contributed by atoms with Crippen LogP contribution in [0.1, 0.15) is 5.56 Å². The predicted molar refractivity (Wildman–Crippen MR) is 75.7 cm³/mol. The van der Waals surface area contributed by atoms with Crippen molar-refractivity contribution in [3.8, 4) is 5.75 Å². The minimum absolute atomic E-state index is 0.0394. The Kier molecular flexibility index (Phi) is 3.74. The lowest BCUT2D eigenvalue weighted by molar-refractivity contribution is 0.475. The second kappa shape index (κ2) is 5.18. The van der Waals surface area contributed by atoms with Crippen molar-refractivity contribution in [3.63, 3.8) is 0 Å². The molecule has 0 radical (unpaired) electrons. The number of phenols is 1. The third kappa shape index (κ3) is 2.94. The van der Waals surface area contributed by atoms with Gasteiger partial charge in [-0.25, -0.2) is 8.42 Å². The number of aromatic hydroxyl groups is 1. The monoisotopic (exact) mass is 314 g/mol. The van der Waals surface area contributed by atoms with Gasteiger partial charge >= 0.3 is 0 Å². The first-order valence-corrected chi connectivity index (χ1v) is 7.36. The van der Waals surface area contributed by atoms with E-state index in [1.807, 2.05) is 0 Å². The Morgan fingerprint density at radius 2 is 2.00 bits per heavy atom. The molecule has 3 N–H and O–H groups in total. The predicted octanol–water partition coefficient (Wildman–Crippen LogP) is 1.84. The number of anilines is 1. The maximum atomic E-state index is 12.1. The van der Waals surface area contributed by atoms with E-state index in [0.717, 1.165) is 12.3 Å². The highest BCUT2D eigenvalue weighted by Crippen LogP contribution is 2.23. The highest BCUT2D eigenvalue weighted by molar-refractivity contribution is 7.92. The van der Waals surface area contributed by atoms with Crippen molar-refractivity contribution in [3.05, 3.63) is 51.4 Å². The van der Waals surface area contributed by atoms with Crippen molar-refractivity contribution in [1.82, 2.24) is 4.98 Å². The molecule has 0 amide bonds. The molecular weight excluding hydrogens is 304 g/mol. The molecule has 8 heteroatoms. The van der Waals surface area contributed by atoms with E-state index in [-0.39, 0.29) is 15.7 Å². The molecule has 1 heterocycles. The van der Waals surface area contributed by atoms with E-state index in [0.29, 0.717) is 11.3 Å². The number of aromatic amines is 1. The lowest BCUT2D eigenvalue weighted by Gasteiger charge is -2.10. The summed E-state index contributed by atoms with van der Waals surface area (Å²) in [5, 5.41) is 9.07. The highest BCUT2D eigenvalue weighted by Gasteiger charge is 2.17. The molecule has 0 saturated carbocycles. The van der Waals surface area contributed by atoms with Gasteiger partial charge in [0, 0.05) is 6.20 Å². The van der Waals surface area contributed by atoms with Crippen LogP contribution < -0.4 is 10.3 Å². The summed E-state index contributed by atoms with van der Waals surface area (Å²) in [6, 6.07) is 5.30. The summed E-state index contributed by atoms with van der Waals surface area (Å²) in [6.45, 7) is 1.65. The van der Waals surface area contributed by atoms with Gasteiger partial charge in [0.15, 0.2) is 0 Å². The molecule has 2 rings (SSSR count). The molecule has 0 fully saturated rings. The molecule has 0 aliphatic rings. The van der Waals surface area contributed by atoms with Gasteiger partial charge in [0.1, 0.15) is 15.7 Å². The summed E-state index contributed by atoms with van der Waals surface area (Å²) in [5.74, 6) is 0.0394. The van der Waals surface area contributed by atoms with Gasteiger partial charge in [-0.1, -0.05) is 11.6 Å². The van der Waals surface area contributed by atoms with E-state index in [1.54, 1.807) is 6.92 Å². The molecule has 1 aromatic heterocycles. The lowest BCUT2D eigenvalue weighted by Crippen LogP contribution is -2.16. The van der Waals surface area contributed by atoms with Crippen molar-refractivity contribution in [2.45, 2.75) is 11.8 Å². The topological polar surface area (TPSA) is 99.3 Å². The Bertz CT molecular complexity index is 814. The van der Waals surface area contributed by atoms with Crippen LogP contribution in [0.3, 0.4) is 0 Å². The summed E-state index contributed by atoms with van der Waals surface area (Å²) in [6.07, 6.45) is 1.06.